The van der Waals surface area contributed by atoms with E-state index in [2.05, 4.69) is 10.3 Å². The van der Waals surface area contributed by atoms with Gasteiger partial charge in [0.2, 0.25) is 0 Å². The van der Waals surface area contributed by atoms with Crippen LogP contribution in [0.4, 0.5) is 5.82 Å². The minimum Gasteiger partial charge on any atom is -0.493 e. The van der Waals surface area contributed by atoms with Gasteiger partial charge < -0.3 is 14.8 Å². The van der Waals surface area contributed by atoms with Gasteiger partial charge in [0.25, 0.3) is 5.91 Å². The number of carbonyl (C=O) groups is 2. The number of ether oxygens (including phenoxy) is 2. The molecule has 1 amide bonds. The summed E-state index contributed by atoms with van der Waals surface area (Å²) >= 11 is 0. The Morgan fingerprint density at radius 3 is 2.95 bits per heavy atom. The number of nitrogens with one attached hydrogen (secondary N) is 1. The lowest BCUT2D eigenvalue weighted by Gasteiger charge is -2.23. The fraction of sp³-hybridized carbons (Fsp3) is 0.188. The largest absolute Gasteiger partial charge is 0.493 e. The van der Waals surface area contributed by atoms with Gasteiger partial charge in [-0.25, -0.2) is 9.78 Å². The predicted octanol–water partition coefficient (Wildman–Crippen LogP) is 1.81. The molecule has 1 aromatic heterocycles. The molecule has 2 heterocycles. The number of rotatable bonds is 3. The topological polar surface area (TPSA) is 77.5 Å². The van der Waals surface area contributed by atoms with Crippen LogP contribution in [0.15, 0.2) is 42.6 Å². The quantitative estimate of drug-likeness (QED) is 0.874. The Kier molecular flexibility index (Phi) is 3.74. The van der Waals surface area contributed by atoms with E-state index in [4.69, 9.17) is 9.47 Å². The number of aromatic nitrogens is 1. The highest BCUT2D eigenvalue weighted by molar-refractivity contribution is 6.00. The number of anilines is 1. The third kappa shape index (κ3) is 2.63. The van der Waals surface area contributed by atoms with Gasteiger partial charge in [0.1, 0.15) is 0 Å². The molecule has 1 aliphatic rings. The fourth-order valence-corrected chi connectivity index (χ4v) is 2.32. The van der Waals surface area contributed by atoms with Crippen LogP contribution in [0.5, 0.6) is 5.75 Å². The molecule has 0 fully saturated rings. The van der Waals surface area contributed by atoms with Crippen LogP contribution >= 0.6 is 0 Å². The lowest BCUT2D eigenvalue weighted by atomic mass is 9.98. The first-order valence-electron chi connectivity index (χ1n) is 6.78. The van der Waals surface area contributed by atoms with E-state index in [9.17, 15) is 9.59 Å². The summed E-state index contributed by atoms with van der Waals surface area (Å²) in [6.07, 6.45) is 0.998. The Hall–Kier alpha value is -2.89. The molecule has 3 rings (SSSR count). The number of hydrogen-bond acceptors (Lipinski definition) is 5. The zero-order chi connectivity index (χ0) is 15.5. The van der Waals surface area contributed by atoms with Gasteiger partial charge in [-0.05, 0) is 23.8 Å². The van der Waals surface area contributed by atoms with Crippen molar-refractivity contribution in [2.24, 2.45) is 0 Å². The van der Waals surface area contributed by atoms with Crippen molar-refractivity contribution in [1.29, 1.82) is 0 Å². The van der Waals surface area contributed by atoms with Crippen LogP contribution in [0.25, 0.3) is 0 Å². The molecule has 6 heteroatoms. The van der Waals surface area contributed by atoms with E-state index in [1.165, 1.54) is 7.11 Å². The van der Waals surface area contributed by atoms with E-state index in [-0.39, 0.29) is 0 Å². The lowest BCUT2D eigenvalue weighted by Crippen LogP contribution is -2.38. The SMILES string of the molecule is COc1cccnc1NC(=O)C1Cc2ccccc2C(=O)O1. The van der Waals surface area contributed by atoms with Gasteiger partial charge in [0.05, 0.1) is 12.7 Å². The molecule has 1 aromatic carbocycles. The van der Waals surface area contributed by atoms with Crippen LogP contribution < -0.4 is 10.1 Å². The molecule has 6 nitrogen and oxygen atoms in total. The lowest BCUT2D eigenvalue weighted by molar-refractivity contribution is -0.125. The summed E-state index contributed by atoms with van der Waals surface area (Å²) in [7, 11) is 1.49. The maximum Gasteiger partial charge on any atom is 0.339 e. The van der Waals surface area contributed by atoms with Crippen LogP contribution in [0.3, 0.4) is 0 Å². The molecular formula is C16H14N2O4. The van der Waals surface area contributed by atoms with Crippen molar-refractivity contribution >= 4 is 17.7 Å². The Labute approximate surface area is 127 Å². The van der Waals surface area contributed by atoms with Gasteiger partial charge in [-0.2, -0.15) is 0 Å². The van der Waals surface area contributed by atoms with E-state index < -0.39 is 18.0 Å². The van der Waals surface area contributed by atoms with Crippen LogP contribution in [0, 0.1) is 0 Å². The molecule has 0 bridgehead atoms. The average Bonchev–Trinajstić information content (AvgIpc) is 2.55. The number of esters is 1. The normalized spacial score (nSPS) is 16.4. The maximum atomic E-state index is 12.3. The Morgan fingerprint density at radius 1 is 1.32 bits per heavy atom. The smallest absolute Gasteiger partial charge is 0.339 e. The molecule has 1 aliphatic heterocycles. The summed E-state index contributed by atoms with van der Waals surface area (Å²) in [5.74, 6) is -0.182. The zero-order valence-corrected chi connectivity index (χ0v) is 11.9. The molecule has 1 unspecified atom stereocenters. The number of methoxy groups -OCH3 is 1. The van der Waals surface area contributed by atoms with Crippen molar-refractivity contribution in [2.45, 2.75) is 12.5 Å². The highest BCUT2D eigenvalue weighted by Crippen LogP contribution is 2.24. The average molecular weight is 298 g/mol. The first-order chi connectivity index (χ1) is 10.7. The minimum absolute atomic E-state index is 0.296. The molecule has 0 aliphatic carbocycles. The van der Waals surface area contributed by atoms with Crippen molar-refractivity contribution in [3.63, 3.8) is 0 Å². The van der Waals surface area contributed by atoms with E-state index in [1.54, 1.807) is 30.5 Å². The minimum atomic E-state index is -0.880. The standard InChI is InChI=1S/C16H14N2O4/c1-21-12-7-4-8-17-14(12)18-15(19)13-9-10-5-2-3-6-11(10)16(20)22-13/h2-8,13H,9H2,1H3,(H,17,18,19). The van der Waals surface area contributed by atoms with Gasteiger partial charge in [-0.1, -0.05) is 18.2 Å². The second-order valence-corrected chi connectivity index (χ2v) is 4.80. The molecule has 0 saturated carbocycles. The number of amides is 1. The molecule has 1 N–H and O–H groups in total. The number of fused-ring (bicyclic) bond motifs is 1. The number of nitrogens with zero attached hydrogens (tertiary/aromatic N) is 1. The second kappa shape index (κ2) is 5.85. The van der Waals surface area contributed by atoms with E-state index in [1.807, 2.05) is 12.1 Å². The van der Waals surface area contributed by atoms with Gasteiger partial charge in [0, 0.05) is 12.6 Å². The summed E-state index contributed by atoms with van der Waals surface area (Å²) in [5.41, 5.74) is 1.30. The first-order valence-corrected chi connectivity index (χ1v) is 6.78. The molecule has 0 spiro atoms. The number of benzene rings is 1. The van der Waals surface area contributed by atoms with Crippen LogP contribution in [-0.2, 0) is 16.0 Å². The Bertz CT molecular complexity index is 730. The predicted molar refractivity (Wildman–Crippen MR) is 78.8 cm³/mol. The van der Waals surface area contributed by atoms with Gasteiger partial charge >= 0.3 is 5.97 Å². The summed E-state index contributed by atoms with van der Waals surface area (Å²) in [6.45, 7) is 0. The van der Waals surface area contributed by atoms with E-state index >= 15 is 0 Å². The fourth-order valence-electron chi connectivity index (χ4n) is 2.32. The Morgan fingerprint density at radius 2 is 2.14 bits per heavy atom. The van der Waals surface area contributed by atoms with E-state index in [0.29, 0.717) is 23.6 Å². The maximum absolute atomic E-state index is 12.3. The highest BCUT2D eigenvalue weighted by Gasteiger charge is 2.31. The third-order valence-electron chi connectivity index (χ3n) is 3.42. The van der Waals surface area contributed by atoms with Crippen molar-refractivity contribution in [2.75, 3.05) is 12.4 Å². The third-order valence-corrected chi connectivity index (χ3v) is 3.42. The molecular weight excluding hydrogens is 284 g/mol. The zero-order valence-electron chi connectivity index (χ0n) is 11.9. The molecule has 0 radical (unpaired) electrons. The van der Waals surface area contributed by atoms with Crippen molar-refractivity contribution in [1.82, 2.24) is 4.98 Å². The molecule has 0 saturated heterocycles. The summed E-state index contributed by atoms with van der Waals surface area (Å²) in [6, 6.07) is 10.5. The summed E-state index contributed by atoms with van der Waals surface area (Å²) < 4.78 is 10.3. The molecule has 1 atom stereocenters. The van der Waals surface area contributed by atoms with Crippen LogP contribution in [0.1, 0.15) is 15.9 Å². The first kappa shape index (κ1) is 14.1. The molecule has 2 aromatic rings. The van der Waals surface area contributed by atoms with Gasteiger partial charge in [-0.15, -0.1) is 0 Å². The van der Waals surface area contributed by atoms with Crippen LogP contribution in [0.2, 0.25) is 0 Å². The molecule has 112 valence electrons. The highest BCUT2D eigenvalue weighted by atomic mass is 16.5. The number of hydrogen-bond donors (Lipinski definition) is 1. The van der Waals surface area contributed by atoms with Crippen molar-refractivity contribution < 1.29 is 19.1 Å². The van der Waals surface area contributed by atoms with Gasteiger partial charge in [0.15, 0.2) is 17.7 Å². The van der Waals surface area contributed by atoms with Crippen molar-refractivity contribution in [3.05, 3.63) is 53.7 Å². The number of pyridine rings is 1. The second-order valence-electron chi connectivity index (χ2n) is 4.80. The van der Waals surface area contributed by atoms with E-state index in [0.717, 1.165) is 5.56 Å². The number of cyclic esters (lactones) is 1. The van der Waals surface area contributed by atoms with Gasteiger partial charge in [-0.3, -0.25) is 4.79 Å². The van der Waals surface area contributed by atoms with Crippen LogP contribution in [-0.4, -0.2) is 30.1 Å². The summed E-state index contributed by atoms with van der Waals surface area (Å²) in [5, 5.41) is 2.63. The monoisotopic (exact) mass is 298 g/mol. The summed E-state index contributed by atoms with van der Waals surface area (Å²) in [4.78, 5) is 28.3. The Balaban J connectivity index is 1.78. The van der Waals surface area contributed by atoms with Crippen molar-refractivity contribution in [3.8, 4) is 5.75 Å². The number of carbonyl (C=O) groups excluding carboxylic acids is 2. The molecule has 22 heavy (non-hydrogen) atoms.